The van der Waals surface area contributed by atoms with Gasteiger partial charge in [0.05, 0.1) is 77.6 Å². The van der Waals surface area contributed by atoms with Gasteiger partial charge in [-0.25, -0.2) is 8.42 Å². The summed E-state index contributed by atoms with van der Waals surface area (Å²) in [6, 6.07) is 0. The molecule has 2 aromatic carbocycles. The van der Waals surface area contributed by atoms with E-state index in [4.69, 9.17) is 18.9 Å². The van der Waals surface area contributed by atoms with Crippen molar-refractivity contribution in [1.29, 1.82) is 0 Å². The molecule has 1 fully saturated rings. The normalized spacial score (nSPS) is 30.3. The van der Waals surface area contributed by atoms with Gasteiger partial charge >= 0.3 is 11.8 Å². The lowest BCUT2D eigenvalue weighted by molar-refractivity contribution is -0.160. The zero-order valence-corrected chi connectivity index (χ0v) is 35.9. The van der Waals surface area contributed by atoms with Crippen molar-refractivity contribution in [2.45, 2.75) is 85.6 Å². The number of sulfone groups is 1. The average molecular weight is 858 g/mol. The van der Waals surface area contributed by atoms with E-state index in [0.29, 0.717) is 0 Å². The summed E-state index contributed by atoms with van der Waals surface area (Å²) in [5, 5.41) is 65.9. The number of ketones is 1. The highest BCUT2D eigenvalue weighted by molar-refractivity contribution is 7.91. The Morgan fingerprint density at radius 1 is 0.967 bits per heavy atom. The third kappa shape index (κ3) is 8.96. The van der Waals surface area contributed by atoms with Crippen LogP contribution in [0.15, 0.2) is 41.2 Å². The molecule has 0 aromatic heterocycles. The van der Waals surface area contributed by atoms with Crippen LogP contribution in [0.25, 0.3) is 10.8 Å². The number of methoxy groups -OCH3 is 1. The van der Waals surface area contributed by atoms with Crippen LogP contribution in [0.3, 0.4) is 0 Å². The number of phenols is 3. The number of hydrazone groups is 1. The number of ether oxygens (including phenoxy) is 4. The first-order valence-electron chi connectivity index (χ1n) is 19.6. The number of fused-ring (bicyclic) bond motifs is 14. The van der Waals surface area contributed by atoms with Gasteiger partial charge in [0.2, 0.25) is 0 Å². The Bertz CT molecular complexity index is 2260. The van der Waals surface area contributed by atoms with Crippen LogP contribution in [0.4, 0.5) is 5.69 Å². The molecule has 1 amide bonds. The summed E-state index contributed by atoms with van der Waals surface area (Å²) in [7, 11) is -1.87. The van der Waals surface area contributed by atoms with Crippen molar-refractivity contribution in [2.24, 2.45) is 28.8 Å². The Morgan fingerprint density at radius 2 is 1.62 bits per heavy atom. The number of nitrogens with zero attached hydrogens (tertiary/aromatic N) is 2. The molecule has 1 saturated heterocycles. The number of nitrogens with one attached hydrogen (secondary N) is 1. The highest BCUT2D eigenvalue weighted by Gasteiger charge is 2.50. The summed E-state index contributed by atoms with van der Waals surface area (Å²) in [4.78, 5) is 40.4. The van der Waals surface area contributed by atoms with Crippen LogP contribution < -0.4 is 10.1 Å². The topological polar surface area (TPSA) is 251 Å². The fourth-order valence-electron chi connectivity index (χ4n) is 7.83. The lowest BCUT2D eigenvalue weighted by Crippen LogP contribution is -2.46. The van der Waals surface area contributed by atoms with E-state index < -0.39 is 98.6 Å². The molecule has 4 heterocycles. The maximum Gasteiger partial charge on any atom is 0.312 e. The van der Waals surface area contributed by atoms with Crippen molar-refractivity contribution in [2.75, 3.05) is 37.0 Å². The second kappa shape index (κ2) is 17.8. The largest absolute Gasteiger partial charge is 0.507 e. The fourth-order valence-corrected chi connectivity index (χ4v) is 9.01. The summed E-state index contributed by atoms with van der Waals surface area (Å²) in [5.74, 6) is -9.35. The van der Waals surface area contributed by atoms with Gasteiger partial charge in [0, 0.05) is 61.2 Å². The number of aliphatic hydroxyl groups is 2. The first kappa shape index (κ1) is 45.9. The third-order valence-corrected chi connectivity index (χ3v) is 13.3. The molecule has 17 nitrogen and oxygen atoms in total. The van der Waals surface area contributed by atoms with E-state index in [9.17, 15) is 48.3 Å². The Balaban J connectivity index is 1.71. The summed E-state index contributed by atoms with van der Waals surface area (Å²) >= 11 is 0. The number of rotatable bonds is 4. The number of carbonyl (C=O) groups excluding carboxylic acids is 3. The van der Waals surface area contributed by atoms with Gasteiger partial charge in [0.1, 0.15) is 23.4 Å². The molecule has 9 unspecified atom stereocenters. The summed E-state index contributed by atoms with van der Waals surface area (Å²) in [5.41, 5.74) is -0.791. The first-order chi connectivity index (χ1) is 28.0. The van der Waals surface area contributed by atoms with E-state index in [0.717, 1.165) is 12.5 Å². The van der Waals surface area contributed by atoms with Crippen molar-refractivity contribution >= 4 is 50.2 Å². The number of amides is 1. The van der Waals surface area contributed by atoms with E-state index >= 15 is 0 Å². The van der Waals surface area contributed by atoms with E-state index in [2.05, 4.69) is 10.4 Å². The van der Waals surface area contributed by atoms with Crippen LogP contribution in [0.2, 0.25) is 0 Å². The number of aliphatic hydroxyl groups excluding tert-OH is 2. The number of anilines is 1. The molecule has 6 rings (SSSR count). The molecule has 2 aromatic rings. The standard InChI is InChI=1S/C42H55N3O14S/c1-20-11-10-12-21(2)41(53)44-32-27(19-43-45-14-17-60(54,55)18-15-45)36(50)29-30(37(32)51)35(49)25(6)39-31(29)40(52)42(8,59-39)57-16-13-28(56-9)22(3)38(58-26(7)46)24(5)34(48)23(4)33(20)47/h10-13,16,19-20,22-24,28,33-34,38,47-51H,14-15,17-18H2,1-9H3,(H,44,53). The number of benzene rings is 2. The Hall–Kier alpha value is -5.17. The smallest absolute Gasteiger partial charge is 0.312 e. The summed E-state index contributed by atoms with van der Waals surface area (Å²) < 4.78 is 47.6. The van der Waals surface area contributed by atoms with Gasteiger partial charge in [0.25, 0.3) is 11.7 Å². The Labute approximate surface area is 348 Å². The molecule has 18 heteroatoms. The van der Waals surface area contributed by atoms with Crippen molar-refractivity contribution in [3.63, 3.8) is 0 Å². The molecule has 4 aliphatic heterocycles. The van der Waals surface area contributed by atoms with Crippen molar-refractivity contribution < 1.29 is 67.3 Å². The molecule has 328 valence electrons. The molecule has 0 spiro atoms. The van der Waals surface area contributed by atoms with Gasteiger partial charge in [-0.3, -0.25) is 19.4 Å². The number of hydrogen-bond donors (Lipinski definition) is 6. The molecular formula is C42H55N3O14S. The quantitative estimate of drug-likeness (QED) is 0.111. The number of allylic oxidation sites excluding steroid dienone is 2. The molecule has 5 bridgehead atoms. The predicted molar refractivity (Wildman–Crippen MR) is 222 cm³/mol. The lowest BCUT2D eigenvalue weighted by atomic mass is 9.78. The zero-order chi connectivity index (χ0) is 44.6. The monoisotopic (exact) mass is 857 g/mol. The van der Waals surface area contributed by atoms with Gasteiger partial charge < -0.3 is 49.8 Å². The minimum atomic E-state index is -3.28. The summed E-state index contributed by atoms with van der Waals surface area (Å²) in [6.07, 6.45) is 4.36. The highest BCUT2D eigenvalue weighted by atomic mass is 32.2. The molecule has 0 radical (unpaired) electrons. The van der Waals surface area contributed by atoms with Crippen LogP contribution >= 0.6 is 0 Å². The average Bonchev–Trinajstić information content (AvgIpc) is 3.46. The summed E-state index contributed by atoms with van der Waals surface area (Å²) in [6.45, 7) is 12.3. The molecule has 6 N–H and O–H groups in total. The second-order valence-corrected chi connectivity index (χ2v) is 18.3. The third-order valence-electron chi connectivity index (χ3n) is 11.7. The van der Waals surface area contributed by atoms with E-state index in [-0.39, 0.29) is 69.1 Å². The molecule has 60 heavy (non-hydrogen) atoms. The second-order valence-electron chi connectivity index (χ2n) is 16.0. The van der Waals surface area contributed by atoms with E-state index in [1.54, 1.807) is 33.8 Å². The zero-order valence-electron chi connectivity index (χ0n) is 35.1. The minimum absolute atomic E-state index is 0.00232. The SMILES string of the molecule is COC1C=COC2(C)Oc3c(C)c(O)c4c(O)c(c(C=NN5CCS(=O)(=O)CC5)c(O)c4c3C2=O)NC(=O)C(C)=CC=CC(C)C(O)C(C)C(O)C(C)C(OC(C)=O)C1C. The van der Waals surface area contributed by atoms with Crippen LogP contribution in [0.1, 0.15) is 70.0 Å². The van der Waals surface area contributed by atoms with Gasteiger partial charge in [-0.15, -0.1) is 0 Å². The Kier molecular flexibility index (Phi) is 13.6. The van der Waals surface area contributed by atoms with Crippen LogP contribution in [0.5, 0.6) is 23.0 Å². The van der Waals surface area contributed by atoms with Gasteiger partial charge in [-0.2, -0.15) is 5.10 Å². The van der Waals surface area contributed by atoms with E-state index in [1.165, 1.54) is 58.0 Å². The number of esters is 1. The van der Waals surface area contributed by atoms with Crippen LogP contribution in [0, 0.1) is 30.6 Å². The van der Waals surface area contributed by atoms with Gasteiger partial charge in [-0.1, -0.05) is 45.9 Å². The number of phenolic OH excluding ortho intramolecular Hbond substituents is 3. The molecule has 9 atom stereocenters. The maximum absolute atomic E-state index is 14.4. The first-order valence-corrected chi connectivity index (χ1v) is 21.4. The minimum Gasteiger partial charge on any atom is -0.507 e. The number of Topliss-reactive ketones (excluding diaryl/α,β-unsaturated/α-hetero) is 1. The number of aromatic hydroxyl groups is 3. The molecule has 0 saturated carbocycles. The van der Waals surface area contributed by atoms with Gasteiger partial charge in [0.15, 0.2) is 15.6 Å². The van der Waals surface area contributed by atoms with E-state index in [1.807, 2.05) is 0 Å². The number of hydrogen-bond acceptors (Lipinski definition) is 16. The van der Waals surface area contributed by atoms with Crippen LogP contribution in [-0.4, -0.2) is 125 Å². The molecule has 4 aliphatic rings. The number of carbonyl (C=O) groups is 3. The maximum atomic E-state index is 14.4. The molecular weight excluding hydrogens is 803 g/mol. The Morgan fingerprint density at radius 3 is 2.23 bits per heavy atom. The fraction of sp³-hybridized carbons (Fsp3) is 0.524. The van der Waals surface area contributed by atoms with Crippen molar-refractivity contribution in [3.05, 3.63) is 52.8 Å². The van der Waals surface area contributed by atoms with Gasteiger partial charge in [-0.05, 0) is 19.9 Å². The molecule has 0 aliphatic carbocycles. The predicted octanol–water partition coefficient (Wildman–Crippen LogP) is 3.82. The van der Waals surface area contributed by atoms with Crippen molar-refractivity contribution in [3.8, 4) is 23.0 Å². The lowest BCUT2D eigenvalue weighted by Gasteiger charge is -2.38. The van der Waals surface area contributed by atoms with Crippen LogP contribution in [-0.2, 0) is 33.6 Å². The van der Waals surface area contributed by atoms with Crippen molar-refractivity contribution in [1.82, 2.24) is 5.01 Å². The highest BCUT2D eigenvalue weighted by Crippen LogP contribution is 2.55.